The van der Waals surface area contributed by atoms with Gasteiger partial charge in [-0.05, 0) is 18.1 Å². The number of rotatable bonds is 3. The number of nitrogens with zero attached hydrogens (tertiary/aromatic N) is 1. The lowest BCUT2D eigenvalue weighted by atomic mass is 10.1. The molecule has 1 aliphatic heterocycles. The van der Waals surface area contributed by atoms with Gasteiger partial charge in [0.25, 0.3) is 0 Å². The van der Waals surface area contributed by atoms with Crippen LogP contribution in [0.4, 0.5) is 0 Å². The van der Waals surface area contributed by atoms with Crippen molar-refractivity contribution in [2.75, 3.05) is 0 Å². The Morgan fingerprint density at radius 3 is 2.04 bits per heavy atom. The van der Waals surface area contributed by atoms with Gasteiger partial charge in [-0.2, -0.15) is 0 Å². The van der Waals surface area contributed by atoms with Crippen LogP contribution in [0.1, 0.15) is 34.6 Å². The first-order valence-electron chi connectivity index (χ1n) is 8.57. The number of amidine groups is 1. The molecule has 3 aromatic rings. The maximum absolute atomic E-state index is 4.91. The molecule has 2 N–H and O–H groups in total. The van der Waals surface area contributed by atoms with Gasteiger partial charge >= 0.3 is 0 Å². The van der Waals surface area contributed by atoms with E-state index in [0.29, 0.717) is 0 Å². The monoisotopic (exact) mass is 327 g/mol. The summed E-state index contributed by atoms with van der Waals surface area (Å²) in [6.07, 6.45) is -0.0672. The van der Waals surface area contributed by atoms with Crippen molar-refractivity contribution in [3.05, 3.63) is 107 Å². The Balaban J connectivity index is 1.72. The summed E-state index contributed by atoms with van der Waals surface area (Å²) in [4.78, 5) is 4.91. The number of aryl methyl sites for hydroxylation is 1. The molecule has 25 heavy (non-hydrogen) atoms. The summed E-state index contributed by atoms with van der Waals surface area (Å²) < 4.78 is 0. The molecule has 0 bridgehead atoms. The predicted molar refractivity (Wildman–Crippen MR) is 102 cm³/mol. The van der Waals surface area contributed by atoms with Crippen LogP contribution in [0.2, 0.25) is 0 Å². The molecule has 4 rings (SSSR count). The van der Waals surface area contributed by atoms with Crippen molar-refractivity contribution in [3.8, 4) is 0 Å². The largest absolute Gasteiger partial charge is 0.350 e. The Kier molecular flexibility index (Phi) is 4.32. The summed E-state index contributed by atoms with van der Waals surface area (Å²) in [5.41, 5.74) is 4.72. The highest BCUT2D eigenvalue weighted by Gasteiger charge is 2.24. The van der Waals surface area contributed by atoms with Gasteiger partial charge in [-0.3, -0.25) is 5.32 Å². The Morgan fingerprint density at radius 2 is 1.36 bits per heavy atom. The smallest absolute Gasteiger partial charge is 0.131 e. The van der Waals surface area contributed by atoms with Gasteiger partial charge in [-0.15, -0.1) is 0 Å². The first-order chi connectivity index (χ1) is 12.3. The SMILES string of the molecule is Cc1ccc(C2NC(c3ccccc3)=NC(c3ccccc3)N2)cc1. The van der Waals surface area contributed by atoms with Gasteiger partial charge < -0.3 is 5.32 Å². The third-order valence-electron chi connectivity index (χ3n) is 4.44. The molecule has 0 radical (unpaired) electrons. The van der Waals surface area contributed by atoms with Crippen LogP contribution in [0.5, 0.6) is 0 Å². The molecule has 0 saturated carbocycles. The van der Waals surface area contributed by atoms with Gasteiger partial charge in [0.05, 0.1) is 0 Å². The molecule has 0 aliphatic carbocycles. The zero-order valence-corrected chi connectivity index (χ0v) is 14.2. The molecule has 2 atom stereocenters. The average Bonchev–Trinajstić information content (AvgIpc) is 2.69. The molecule has 124 valence electrons. The van der Waals surface area contributed by atoms with Crippen LogP contribution in [0.25, 0.3) is 0 Å². The van der Waals surface area contributed by atoms with E-state index in [1.54, 1.807) is 0 Å². The van der Waals surface area contributed by atoms with Gasteiger partial charge in [-0.25, -0.2) is 4.99 Å². The minimum absolute atomic E-state index is 0.0125. The molecular weight excluding hydrogens is 306 g/mol. The van der Waals surface area contributed by atoms with Crippen LogP contribution in [0, 0.1) is 6.92 Å². The van der Waals surface area contributed by atoms with E-state index in [9.17, 15) is 0 Å². The molecule has 3 nitrogen and oxygen atoms in total. The van der Waals surface area contributed by atoms with E-state index in [-0.39, 0.29) is 12.3 Å². The molecule has 3 aromatic carbocycles. The fourth-order valence-electron chi connectivity index (χ4n) is 3.04. The Labute approximate surface area is 148 Å². The molecule has 2 unspecified atom stereocenters. The van der Waals surface area contributed by atoms with Crippen molar-refractivity contribution in [1.29, 1.82) is 0 Å². The number of hydrogen-bond acceptors (Lipinski definition) is 3. The van der Waals surface area contributed by atoms with Crippen LogP contribution in [-0.4, -0.2) is 5.84 Å². The van der Waals surface area contributed by atoms with Crippen molar-refractivity contribution in [2.24, 2.45) is 4.99 Å². The maximum Gasteiger partial charge on any atom is 0.131 e. The lowest BCUT2D eigenvalue weighted by molar-refractivity contribution is 0.409. The molecular formula is C22H21N3. The zero-order valence-electron chi connectivity index (χ0n) is 14.2. The molecule has 0 amide bonds. The van der Waals surface area contributed by atoms with Crippen LogP contribution >= 0.6 is 0 Å². The van der Waals surface area contributed by atoms with Crippen LogP contribution in [-0.2, 0) is 0 Å². The second kappa shape index (κ2) is 6.91. The Bertz CT molecular complexity index is 855. The van der Waals surface area contributed by atoms with Crippen molar-refractivity contribution < 1.29 is 0 Å². The number of aliphatic imine (C=N–C) groups is 1. The van der Waals surface area contributed by atoms with Gasteiger partial charge in [-0.1, -0.05) is 90.5 Å². The summed E-state index contributed by atoms with van der Waals surface area (Å²) in [6.45, 7) is 2.11. The number of benzene rings is 3. The predicted octanol–water partition coefficient (Wildman–Crippen LogP) is 4.33. The third kappa shape index (κ3) is 3.47. The van der Waals surface area contributed by atoms with Crippen molar-refractivity contribution in [2.45, 2.75) is 19.3 Å². The lowest BCUT2D eigenvalue weighted by Gasteiger charge is -2.32. The fraction of sp³-hybridized carbons (Fsp3) is 0.136. The highest BCUT2D eigenvalue weighted by molar-refractivity contribution is 5.99. The third-order valence-corrected chi connectivity index (χ3v) is 4.44. The van der Waals surface area contributed by atoms with Crippen LogP contribution in [0.15, 0.2) is 89.9 Å². The lowest BCUT2D eigenvalue weighted by Crippen LogP contribution is -2.44. The zero-order chi connectivity index (χ0) is 17.1. The summed E-state index contributed by atoms with van der Waals surface area (Å²) in [7, 11) is 0. The summed E-state index contributed by atoms with van der Waals surface area (Å²) in [5, 5.41) is 7.15. The molecule has 0 saturated heterocycles. The van der Waals surface area contributed by atoms with Gasteiger partial charge in [0, 0.05) is 5.56 Å². The molecule has 0 fully saturated rings. The van der Waals surface area contributed by atoms with E-state index in [2.05, 4.69) is 78.2 Å². The van der Waals surface area contributed by atoms with Crippen LogP contribution < -0.4 is 10.6 Å². The van der Waals surface area contributed by atoms with E-state index in [0.717, 1.165) is 17.0 Å². The van der Waals surface area contributed by atoms with Crippen LogP contribution in [0.3, 0.4) is 0 Å². The standard InChI is InChI=1S/C22H21N3/c1-16-12-14-19(15-13-16)22-24-20(17-8-4-2-5-9-17)23-21(25-22)18-10-6-3-7-11-18/h2-15,20,22,24H,1H3,(H,23,25). The minimum Gasteiger partial charge on any atom is -0.350 e. The summed E-state index contributed by atoms with van der Waals surface area (Å²) >= 11 is 0. The topological polar surface area (TPSA) is 36.4 Å². The maximum atomic E-state index is 4.91. The van der Waals surface area contributed by atoms with E-state index in [4.69, 9.17) is 4.99 Å². The van der Waals surface area contributed by atoms with E-state index in [1.807, 2.05) is 24.3 Å². The van der Waals surface area contributed by atoms with Gasteiger partial charge in [0.1, 0.15) is 18.2 Å². The number of nitrogens with one attached hydrogen (secondary N) is 2. The molecule has 0 spiro atoms. The second-order valence-corrected chi connectivity index (χ2v) is 6.31. The highest BCUT2D eigenvalue weighted by atomic mass is 15.3. The van der Waals surface area contributed by atoms with Crippen molar-refractivity contribution in [3.63, 3.8) is 0 Å². The Morgan fingerprint density at radius 1 is 0.720 bits per heavy atom. The quantitative estimate of drug-likeness (QED) is 0.751. The summed E-state index contributed by atoms with van der Waals surface area (Å²) in [6, 6.07) is 29.3. The van der Waals surface area contributed by atoms with Gasteiger partial charge in [0.2, 0.25) is 0 Å². The fourth-order valence-corrected chi connectivity index (χ4v) is 3.04. The summed E-state index contributed by atoms with van der Waals surface area (Å²) in [5.74, 6) is 0.916. The average molecular weight is 327 g/mol. The molecule has 1 aliphatic rings. The van der Waals surface area contributed by atoms with E-state index in [1.165, 1.54) is 11.1 Å². The highest BCUT2D eigenvalue weighted by Crippen LogP contribution is 2.24. The molecule has 0 aromatic heterocycles. The van der Waals surface area contributed by atoms with E-state index < -0.39 is 0 Å². The molecule has 1 heterocycles. The van der Waals surface area contributed by atoms with E-state index >= 15 is 0 Å². The molecule has 3 heteroatoms. The number of hydrogen-bond donors (Lipinski definition) is 2. The normalized spacial score (nSPS) is 19.8. The second-order valence-electron chi connectivity index (χ2n) is 6.31. The first kappa shape index (κ1) is 15.6. The minimum atomic E-state index is -0.0797. The van der Waals surface area contributed by atoms with Crippen molar-refractivity contribution in [1.82, 2.24) is 10.6 Å². The first-order valence-corrected chi connectivity index (χ1v) is 8.57. The van der Waals surface area contributed by atoms with Gasteiger partial charge in [0.15, 0.2) is 0 Å². The van der Waals surface area contributed by atoms with Crippen molar-refractivity contribution >= 4 is 5.84 Å². The Hall–Kier alpha value is -2.91.